The van der Waals surface area contributed by atoms with Crippen LogP contribution in [0, 0.1) is 0 Å². The number of halogens is 3. The molecule has 0 spiro atoms. The monoisotopic (exact) mass is 475 g/mol. The number of piperazine rings is 1. The van der Waals surface area contributed by atoms with Gasteiger partial charge in [0.1, 0.15) is 11.4 Å². The third kappa shape index (κ3) is 5.58. The van der Waals surface area contributed by atoms with Gasteiger partial charge in [0.05, 0.1) is 0 Å². The van der Waals surface area contributed by atoms with Crippen molar-refractivity contribution in [1.82, 2.24) is 20.2 Å². The van der Waals surface area contributed by atoms with Crippen molar-refractivity contribution in [2.24, 2.45) is 0 Å². The Labute approximate surface area is 196 Å². The highest BCUT2D eigenvalue weighted by atomic mass is 19.4. The minimum absolute atomic E-state index is 0.0777. The van der Waals surface area contributed by atoms with Crippen LogP contribution in [-0.2, 0) is 11.0 Å². The van der Waals surface area contributed by atoms with Gasteiger partial charge in [-0.3, -0.25) is 4.79 Å². The molecule has 1 atom stereocenters. The van der Waals surface area contributed by atoms with Crippen LogP contribution in [0.1, 0.15) is 12.0 Å². The molecule has 3 heterocycles. The van der Waals surface area contributed by atoms with Gasteiger partial charge in [0.2, 0.25) is 11.9 Å². The number of hydrogen-bond donors (Lipinski definition) is 2. The van der Waals surface area contributed by atoms with E-state index in [1.165, 1.54) is 4.90 Å². The maximum Gasteiger partial charge on any atom is 0.421 e. The van der Waals surface area contributed by atoms with E-state index < -0.39 is 11.7 Å². The maximum atomic E-state index is 13.6. The van der Waals surface area contributed by atoms with E-state index in [4.69, 9.17) is 0 Å². The van der Waals surface area contributed by atoms with E-state index in [9.17, 15) is 18.0 Å². The molecule has 182 valence electrons. The number of amides is 1. The molecule has 1 amide bonds. The first-order chi connectivity index (χ1) is 16.2. The molecule has 0 saturated carbocycles. The van der Waals surface area contributed by atoms with Crippen LogP contribution >= 0.6 is 0 Å². The number of rotatable bonds is 6. The molecule has 2 fully saturated rings. The molecule has 0 bridgehead atoms. The normalized spacial score (nSPS) is 19.2. The van der Waals surface area contributed by atoms with Crippen molar-refractivity contribution in [1.29, 1.82) is 0 Å². The zero-order valence-corrected chi connectivity index (χ0v) is 19.0. The molecule has 1 aromatic carbocycles. The molecule has 11 heteroatoms. The second-order valence-corrected chi connectivity index (χ2v) is 8.54. The van der Waals surface area contributed by atoms with Crippen molar-refractivity contribution in [3.63, 3.8) is 0 Å². The van der Waals surface area contributed by atoms with E-state index >= 15 is 0 Å². The third-order valence-electron chi connectivity index (χ3n) is 6.09. The summed E-state index contributed by atoms with van der Waals surface area (Å²) in [5.41, 5.74) is 0.873. The summed E-state index contributed by atoms with van der Waals surface area (Å²) in [5.74, 6) is -0.476. The van der Waals surface area contributed by atoms with Gasteiger partial charge in [0, 0.05) is 62.9 Å². The number of nitrogens with zero attached hydrogens (tertiary/aromatic N) is 5. The fraction of sp³-hybridized carbons (Fsp3) is 0.435. The first-order valence-corrected chi connectivity index (χ1v) is 11.2. The molecule has 8 nitrogen and oxygen atoms in total. The van der Waals surface area contributed by atoms with Crippen molar-refractivity contribution in [3.05, 3.63) is 48.7 Å². The maximum absolute atomic E-state index is 13.6. The number of aromatic nitrogens is 2. The fourth-order valence-electron chi connectivity index (χ4n) is 4.15. The number of carbonyl (C=O) groups excluding carboxylic acids is 1. The predicted octanol–water partition coefficient (Wildman–Crippen LogP) is 2.87. The Hall–Kier alpha value is -3.34. The molecular formula is C23H28F3N7O. The SMILES string of the molecule is C=CC(=O)N[C@@H]1CCN(c2nc(Nc3ccc(N4CCN(C)CC4)cc3)ncc2C(F)(F)F)C1. The zero-order chi connectivity index (χ0) is 24.3. The molecule has 2 N–H and O–H groups in total. The molecule has 1 aromatic heterocycles. The van der Waals surface area contributed by atoms with Crippen LogP contribution in [0.2, 0.25) is 0 Å². The topological polar surface area (TPSA) is 76.6 Å². The Balaban J connectivity index is 1.50. The molecule has 2 saturated heterocycles. The minimum Gasteiger partial charge on any atom is -0.369 e. The molecule has 4 rings (SSSR count). The van der Waals surface area contributed by atoms with Crippen LogP contribution in [0.3, 0.4) is 0 Å². The van der Waals surface area contributed by atoms with Crippen LogP contribution < -0.4 is 20.4 Å². The largest absolute Gasteiger partial charge is 0.421 e. The van der Waals surface area contributed by atoms with E-state index in [-0.39, 0.29) is 30.3 Å². The van der Waals surface area contributed by atoms with Gasteiger partial charge in [-0.05, 0) is 43.8 Å². The molecular weight excluding hydrogens is 447 g/mol. The van der Waals surface area contributed by atoms with Crippen LogP contribution in [0.5, 0.6) is 0 Å². The third-order valence-corrected chi connectivity index (χ3v) is 6.09. The number of likely N-dealkylation sites (N-methyl/N-ethyl adjacent to an activating group) is 1. The number of nitrogens with one attached hydrogen (secondary N) is 2. The smallest absolute Gasteiger partial charge is 0.369 e. The van der Waals surface area contributed by atoms with E-state index in [0.717, 1.165) is 44.1 Å². The molecule has 0 unspecified atom stereocenters. The number of benzene rings is 1. The highest BCUT2D eigenvalue weighted by Crippen LogP contribution is 2.37. The Bertz CT molecular complexity index is 1020. The van der Waals surface area contributed by atoms with Gasteiger partial charge in [0.15, 0.2) is 0 Å². The van der Waals surface area contributed by atoms with Crippen molar-refractivity contribution in [2.75, 3.05) is 61.4 Å². The van der Waals surface area contributed by atoms with Crippen molar-refractivity contribution in [3.8, 4) is 0 Å². The van der Waals surface area contributed by atoms with E-state index in [1.807, 2.05) is 24.3 Å². The van der Waals surface area contributed by atoms with Gasteiger partial charge in [-0.25, -0.2) is 4.98 Å². The second-order valence-electron chi connectivity index (χ2n) is 8.54. The van der Waals surface area contributed by atoms with Crippen LogP contribution in [-0.4, -0.2) is 73.1 Å². The van der Waals surface area contributed by atoms with Crippen molar-refractivity contribution < 1.29 is 18.0 Å². The van der Waals surface area contributed by atoms with Crippen LogP contribution in [0.15, 0.2) is 43.1 Å². The molecule has 34 heavy (non-hydrogen) atoms. The first-order valence-electron chi connectivity index (χ1n) is 11.2. The zero-order valence-electron chi connectivity index (χ0n) is 19.0. The van der Waals surface area contributed by atoms with Gasteiger partial charge in [-0.15, -0.1) is 0 Å². The lowest BCUT2D eigenvalue weighted by atomic mass is 10.2. The highest BCUT2D eigenvalue weighted by Gasteiger charge is 2.38. The lowest BCUT2D eigenvalue weighted by Gasteiger charge is -2.34. The average molecular weight is 476 g/mol. The summed E-state index contributed by atoms with van der Waals surface area (Å²) in [6.45, 7) is 7.84. The van der Waals surface area contributed by atoms with Crippen LogP contribution in [0.25, 0.3) is 0 Å². The molecule has 0 aliphatic carbocycles. The number of alkyl halides is 3. The standard InChI is InChI=1S/C23H28F3N7O/c1-3-20(34)28-17-8-9-33(15-17)21-19(23(24,25)26)14-27-22(30-21)29-16-4-6-18(7-5-16)32-12-10-31(2)11-13-32/h3-7,14,17H,1,8-13,15H2,2H3,(H,28,34)(H,27,29,30)/t17-/m1/s1. The van der Waals surface area contributed by atoms with Gasteiger partial charge in [-0.1, -0.05) is 6.58 Å². The van der Waals surface area contributed by atoms with Crippen molar-refractivity contribution in [2.45, 2.75) is 18.6 Å². The van der Waals surface area contributed by atoms with Gasteiger partial charge in [0.25, 0.3) is 0 Å². The first kappa shape index (κ1) is 23.8. The highest BCUT2D eigenvalue weighted by molar-refractivity contribution is 5.87. The Morgan fingerprint density at radius 1 is 1.12 bits per heavy atom. The quantitative estimate of drug-likeness (QED) is 0.623. The summed E-state index contributed by atoms with van der Waals surface area (Å²) in [4.78, 5) is 25.8. The molecule has 2 aliphatic heterocycles. The summed E-state index contributed by atoms with van der Waals surface area (Å²) in [7, 11) is 2.10. The molecule has 2 aliphatic rings. The summed E-state index contributed by atoms with van der Waals surface area (Å²) in [5, 5.41) is 5.74. The summed E-state index contributed by atoms with van der Waals surface area (Å²) >= 11 is 0. The number of hydrogen-bond acceptors (Lipinski definition) is 7. The Morgan fingerprint density at radius 3 is 2.47 bits per heavy atom. The van der Waals surface area contributed by atoms with Gasteiger partial charge < -0.3 is 25.3 Å². The predicted molar refractivity (Wildman–Crippen MR) is 125 cm³/mol. The Kier molecular flexibility index (Phi) is 6.92. The lowest BCUT2D eigenvalue weighted by molar-refractivity contribution is -0.137. The molecule has 0 radical (unpaired) electrons. The summed E-state index contributed by atoms with van der Waals surface area (Å²) in [6.07, 6.45) is -2.14. The van der Waals surface area contributed by atoms with E-state index in [1.54, 1.807) is 0 Å². The minimum atomic E-state index is -4.60. The fourth-order valence-corrected chi connectivity index (χ4v) is 4.15. The molecule has 2 aromatic rings. The number of anilines is 4. The van der Waals surface area contributed by atoms with Gasteiger partial charge in [-0.2, -0.15) is 18.2 Å². The average Bonchev–Trinajstić information content (AvgIpc) is 3.27. The second kappa shape index (κ2) is 9.88. The Morgan fingerprint density at radius 2 is 1.82 bits per heavy atom. The van der Waals surface area contributed by atoms with E-state index in [2.05, 4.69) is 44.0 Å². The summed E-state index contributed by atoms with van der Waals surface area (Å²) < 4.78 is 40.9. The van der Waals surface area contributed by atoms with E-state index in [0.29, 0.717) is 18.7 Å². The lowest BCUT2D eigenvalue weighted by Crippen LogP contribution is -2.44. The van der Waals surface area contributed by atoms with Crippen LogP contribution in [0.4, 0.5) is 36.3 Å². The van der Waals surface area contributed by atoms with Gasteiger partial charge >= 0.3 is 6.18 Å². The number of carbonyl (C=O) groups is 1. The summed E-state index contributed by atoms with van der Waals surface area (Å²) in [6, 6.07) is 7.41. The van der Waals surface area contributed by atoms with Crippen molar-refractivity contribution >= 4 is 29.0 Å².